The second kappa shape index (κ2) is 9.71. The highest BCUT2D eigenvalue weighted by atomic mass is 35.5. The van der Waals surface area contributed by atoms with Crippen molar-refractivity contribution in [1.82, 2.24) is 10.4 Å². The summed E-state index contributed by atoms with van der Waals surface area (Å²) in [5.74, 6) is 1.20. The summed E-state index contributed by atoms with van der Waals surface area (Å²) in [6.45, 7) is 3.82. The summed E-state index contributed by atoms with van der Waals surface area (Å²) < 4.78 is 0. The molecule has 1 saturated heterocycles. The molecule has 2 N–H and O–H groups in total. The molecule has 1 amide bonds. The molecule has 9 heteroatoms. The number of anilines is 1. The summed E-state index contributed by atoms with van der Waals surface area (Å²) in [6.07, 6.45) is 3.80. The summed E-state index contributed by atoms with van der Waals surface area (Å²) in [5.41, 5.74) is 5.18. The summed E-state index contributed by atoms with van der Waals surface area (Å²) in [7, 11) is 0. The minimum atomic E-state index is -0.243. The van der Waals surface area contributed by atoms with E-state index in [-0.39, 0.29) is 36.0 Å². The van der Waals surface area contributed by atoms with E-state index in [0.717, 1.165) is 18.7 Å². The van der Waals surface area contributed by atoms with Gasteiger partial charge in [-0.1, -0.05) is 48.7 Å². The number of benzene rings is 2. The Kier molecular flexibility index (Phi) is 7.10. The monoisotopic (exact) mass is 508 g/mol. The number of carbonyl (C=O) groups excluding carboxylic acids is 1. The Balaban J connectivity index is 0.00000259. The third-order valence-electron chi connectivity index (χ3n) is 6.99. The predicted octanol–water partition coefficient (Wildman–Crippen LogP) is 5.44. The molecule has 0 bridgehead atoms. The normalized spacial score (nSPS) is 26.6. The van der Waals surface area contributed by atoms with Crippen LogP contribution < -0.4 is 10.4 Å². The first-order valence-electron chi connectivity index (χ1n) is 11.1. The number of carbonyl (C=O) groups is 1. The first-order chi connectivity index (χ1) is 15.4. The van der Waals surface area contributed by atoms with E-state index in [2.05, 4.69) is 10.4 Å². The van der Waals surface area contributed by atoms with Crippen LogP contribution >= 0.6 is 35.6 Å². The number of amides is 1. The highest BCUT2D eigenvalue weighted by molar-refractivity contribution is 6.41. The number of rotatable bonds is 4. The maximum absolute atomic E-state index is 13.3. The molecule has 0 aromatic heterocycles. The van der Waals surface area contributed by atoms with Crippen LogP contribution in [0.3, 0.4) is 0 Å². The van der Waals surface area contributed by atoms with E-state index < -0.39 is 0 Å². The van der Waals surface area contributed by atoms with E-state index in [4.69, 9.17) is 28.3 Å². The van der Waals surface area contributed by atoms with Gasteiger partial charge in [0.25, 0.3) is 5.91 Å². The van der Waals surface area contributed by atoms with Crippen molar-refractivity contribution in [2.45, 2.75) is 32.2 Å². The molecule has 4 atom stereocenters. The highest BCUT2D eigenvalue weighted by Gasteiger charge is 2.42. The van der Waals surface area contributed by atoms with Crippen molar-refractivity contribution in [2.24, 2.45) is 22.9 Å². The van der Waals surface area contributed by atoms with Gasteiger partial charge < -0.3 is 5.11 Å². The van der Waals surface area contributed by atoms with Gasteiger partial charge in [0, 0.05) is 24.0 Å². The Morgan fingerprint density at radius 2 is 1.76 bits per heavy atom. The first kappa shape index (κ1) is 24.1. The zero-order valence-electron chi connectivity index (χ0n) is 18.2. The first-order valence-corrected chi connectivity index (χ1v) is 11.8. The standard InChI is InChI=1S/C24H26Cl2N4O2.ClH/c1-14-22(24(32)28-29-12-16-3-2-4-17(16)13-29)27-30(21-10-7-18(25)11-20(21)26)23(14)15-5-8-19(31)9-6-15;/h5-11,14,16-17,23,31H,2-4,12-13H2,1H3,(H,28,32);1H/t14-,16?,17?,23+;/m1./s1. The third kappa shape index (κ3) is 4.67. The maximum atomic E-state index is 13.3. The van der Waals surface area contributed by atoms with Gasteiger partial charge in [0.05, 0.1) is 16.8 Å². The lowest BCUT2D eigenvalue weighted by Gasteiger charge is -2.27. The maximum Gasteiger partial charge on any atom is 0.282 e. The quantitative estimate of drug-likeness (QED) is 0.576. The average molecular weight is 510 g/mol. The number of hydrogen-bond donors (Lipinski definition) is 2. The Morgan fingerprint density at radius 1 is 1.09 bits per heavy atom. The number of fused-ring (bicyclic) bond motifs is 1. The molecule has 2 heterocycles. The van der Waals surface area contributed by atoms with Crippen molar-refractivity contribution in [3.63, 3.8) is 0 Å². The number of aromatic hydroxyl groups is 1. The molecular weight excluding hydrogens is 483 g/mol. The van der Waals surface area contributed by atoms with Crippen LogP contribution in [0.15, 0.2) is 47.6 Å². The largest absolute Gasteiger partial charge is 0.508 e. The number of phenols is 1. The molecule has 2 unspecified atom stereocenters. The van der Waals surface area contributed by atoms with Crippen LogP contribution in [-0.2, 0) is 4.79 Å². The van der Waals surface area contributed by atoms with Crippen molar-refractivity contribution in [2.75, 3.05) is 18.1 Å². The Hall–Kier alpha value is -1.99. The van der Waals surface area contributed by atoms with Crippen LogP contribution in [0.1, 0.15) is 37.8 Å². The topological polar surface area (TPSA) is 68.2 Å². The van der Waals surface area contributed by atoms with Gasteiger partial charge in [-0.15, -0.1) is 12.4 Å². The summed E-state index contributed by atoms with van der Waals surface area (Å²) in [4.78, 5) is 13.3. The molecule has 0 radical (unpaired) electrons. The summed E-state index contributed by atoms with van der Waals surface area (Å²) in [6, 6.07) is 12.0. The molecule has 1 aliphatic carbocycles. The number of hydrazone groups is 1. The van der Waals surface area contributed by atoms with Gasteiger partial charge in [-0.05, 0) is 60.6 Å². The van der Waals surface area contributed by atoms with Crippen molar-refractivity contribution in [3.05, 3.63) is 58.1 Å². The number of phenolic OH excluding ortho intramolecular Hbond substituents is 1. The number of nitrogens with zero attached hydrogens (tertiary/aromatic N) is 3. The van der Waals surface area contributed by atoms with Crippen LogP contribution in [0.5, 0.6) is 5.75 Å². The molecule has 2 aromatic rings. The molecule has 2 aromatic carbocycles. The number of hydrogen-bond acceptors (Lipinski definition) is 5. The smallest absolute Gasteiger partial charge is 0.282 e. The molecule has 2 fully saturated rings. The Morgan fingerprint density at radius 3 is 2.39 bits per heavy atom. The third-order valence-corrected chi connectivity index (χ3v) is 7.53. The van der Waals surface area contributed by atoms with Crippen LogP contribution in [-0.4, -0.2) is 34.8 Å². The van der Waals surface area contributed by atoms with E-state index in [1.807, 2.05) is 25.1 Å². The lowest BCUT2D eigenvalue weighted by molar-refractivity contribution is -0.119. The van der Waals surface area contributed by atoms with Gasteiger partial charge in [0.2, 0.25) is 0 Å². The highest BCUT2D eigenvalue weighted by Crippen LogP contribution is 2.43. The minimum absolute atomic E-state index is 0. The summed E-state index contributed by atoms with van der Waals surface area (Å²) >= 11 is 12.6. The van der Waals surface area contributed by atoms with Crippen LogP contribution in [0, 0.1) is 17.8 Å². The van der Waals surface area contributed by atoms with Crippen LogP contribution in [0.2, 0.25) is 10.0 Å². The molecule has 0 spiro atoms. The molecular formula is C24H27Cl3N4O2. The molecule has 1 saturated carbocycles. The fourth-order valence-electron chi connectivity index (χ4n) is 5.38. The van der Waals surface area contributed by atoms with Crippen molar-refractivity contribution >= 4 is 52.9 Å². The molecule has 33 heavy (non-hydrogen) atoms. The van der Waals surface area contributed by atoms with Crippen molar-refractivity contribution in [1.29, 1.82) is 0 Å². The number of hydrazine groups is 1. The van der Waals surface area contributed by atoms with Crippen molar-refractivity contribution < 1.29 is 9.90 Å². The summed E-state index contributed by atoms with van der Waals surface area (Å²) in [5, 5.41) is 19.3. The van der Waals surface area contributed by atoms with Gasteiger partial charge in [0.1, 0.15) is 11.5 Å². The molecule has 176 valence electrons. The zero-order chi connectivity index (χ0) is 22.4. The fraction of sp³-hybridized carbons (Fsp3) is 0.417. The fourth-order valence-corrected chi connectivity index (χ4v) is 5.88. The number of nitrogens with one attached hydrogen (secondary N) is 1. The molecule has 5 rings (SSSR count). The second-order valence-electron chi connectivity index (χ2n) is 9.05. The Labute approximate surface area is 209 Å². The van der Waals surface area contributed by atoms with Gasteiger partial charge in [0.15, 0.2) is 0 Å². The van der Waals surface area contributed by atoms with E-state index >= 15 is 0 Å². The van der Waals surface area contributed by atoms with Crippen LogP contribution in [0.25, 0.3) is 0 Å². The number of halogens is 3. The van der Waals surface area contributed by atoms with Gasteiger partial charge in [-0.2, -0.15) is 5.10 Å². The lowest BCUT2D eigenvalue weighted by atomic mass is 9.91. The van der Waals surface area contributed by atoms with E-state index in [1.54, 1.807) is 29.3 Å². The van der Waals surface area contributed by atoms with Gasteiger partial charge in [-0.25, -0.2) is 5.01 Å². The SMILES string of the molecule is C[C@@H]1C(C(=O)NN2CC3CCCC3C2)=NN(c2ccc(Cl)cc2Cl)[C@@H]1c1ccc(O)cc1.Cl. The van der Waals surface area contributed by atoms with Crippen molar-refractivity contribution in [3.8, 4) is 5.75 Å². The van der Waals surface area contributed by atoms with E-state index in [9.17, 15) is 9.90 Å². The molecule has 3 aliphatic rings. The van der Waals surface area contributed by atoms with Gasteiger partial charge in [-0.3, -0.25) is 15.2 Å². The predicted molar refractivity (Wildman–Crippen MR) is 134 cm³/mol. The Bertz CT molecular complexity index is 1050. The molecule has 6 nitrogen and oxygen atoms in total. The molecule has 2 aliphatic heterocycles. The van der Waals surface area contributed by atoms with Crippen LogP contribution in [0.4, 0.5) is 5.69 Å². The zero-order valence-corrected chi connectivity index (χ0v) is 20.6. The van der Waals surface area contributed by atoms with Gasteiger partial charge >= 0.3 is 0 Å². The lowest BCUT2D eigenvalue weighted by Crippen LogP contribution is -2.45. The average Bonchev–Trinajstić information content (AvgIpc) is 3.42. The minimum Gasteiger partial charge on any atom is -0.508 e. The second-order valence-corrected chi connectivity index (χ2v) is 9.89. The van der Waals surface area contributed by atoms with E-state index in [0.29, 0.717) is 33.3 Å². The van der Waals surface area contributed by atoms with E-state index in [1.165, 1.54) is 19.3 Å².